The topological polar surface area (TPSA) is 58.4 Å². The zero-order valence-corrected chi connectivity index (χ0v) is 14.5. The van der Waals surface area contributed by atoms with Gasteiger partial charge in [0.25, 0.3) is 5.91 Å². The Kier molecular flexibility index (Phi) is 4.33. The first kappa shape index (κ1) is 15.7. The Labute approximate surface area is 145 Å². The molecule has 24 heavy (non-hydrogen) atoms. The number of hydrogen-bond donors (Lipinski definition) is 1. The van der Waals surface area contributed by atoms with Crippen molar-refractivity contribution in [1.82, 2.24) is 15.2 Å². The van der Waals surface area contributed by atoms with Crippen LogP contribution in [0.4, 0.5) is 0 Å². The third kappa shape index (κ3) is 3.08. The molecular formula is C18H21N3O2S. The second kappa shape index (κ2) is 6.61. The highest BCUT2D eigenvalue weighted by Crippen LogP contribution is 2.32. The molecule has 126 valence electrons. The summed E-state index contributed by atoms with van der Waals surface area (Å²) in [6, 6.07) is 8.34. The van der Waals surface area contributed by atoms with Crippen LogP contribution in [0.5, 0.6) is 0 Å². The van der Waals surface area contributed by atoms with Crippen LogP contribution < -0.4 is 5.32 Å². The van der Waals surface area contributed by atoms with Gasteiger partial charge in [-0.15, -0.1) is 0 Å². The molecule has 6 heteroatoms. The molecule has 3 aliphatic rings. The van der Waals surface area contributed by atoms with Crippen molar-refractivity contribution < 1.29 is 9.21 Å². The number of aromatic nitrogens is 1. The van der Waals surface area contributed by atoms with Crippen molar-refractivity contribution in [3.8, 4) is 0 Å². The van der Waals surface area contributed by atoms with Gasteiger partial charge in [-0.3, -0.25) is 9.69 Å². The fourth-order valence-electron chi connectivity index (χ4n) is 3.82. The van der Waals surface area contributed by atoms with Crippen LogP contribution in [0.15, 0.2) is 51.3 Å². The van der Waals surface area contributed by atoms with E-state index in [1.807, 2.05) is 24.3 Å². The van der Waals surface area contributed by atoms with Gasteiger partial charge in [-0.25, -0.2) is 4.98 Å². The maximum Gasteiger partial charge on any atom is 0.251 e. The van der Waals surface area contributed by atoms with Crippen LogP contribution in [-0.4, -0.2) is 41.0 Å². The lowest BCUT2D eigenvalue weighted by Crippen LogP contribution is -2.62. The molecule has 2 bridgehead atoms. The van der Waals surface area contributed by atoms with Gasteiger partial charge in [0, 0.05) is 22.5 Å². The predicted octanol–water partition coefficient (Wildman–Crippen LogP) is 3.04. The van der Waals surface area contributed by atoms with Gasteiger partial charge >= 0.3 is 0 Å². The number of piperidine rings is 3. The Morgan fingerprint density at radius 1 is 1.29 bits per heavy atom. The maximum absolute atomic E-state index is 12.6. The highest BCUT2D eigenvalue weighted by atomic mass is 32.2. The van der Waals surface area contributed by atoms with Crippen molar-refractivity contribution in [2.75, 3.05) is 13.1 Å². The SMILES string of the molecule is C[C@H]1[C@H](NC(=O)c2ccc(Sc3cnco3)cc2)C2CCN1CC2. The number of oxazole rings is 1. The van der Waals surface area contributed by atoms with E-state index in [9.17, 15) is 4.79 Å². The van der Waals surface area contributed by atoms with E-state index in [0.717, 1.165) is 9.99 Å². The molecule has 1 aromatic heterocycles. The van der Waals surface area contributed by atoms with Crippen molar-refractivity contribution in [2.45, 2.75) is 41.8 Å². The van der Waals surface area contributed by atoms with Gasteiger partial charge in [-0.2, -0.15) is 0 Å². The molecular weight excluding hydrogens is 322 g/mol. The molecule has 0 saturated carbocycles. The Hall–Kier alpha value is -1.79. The first-order chi connectivity index (χ1) is 11.7. The van der Waals surface area contributed by atoms with Crippen molar-refractivity contribution in [3.05, 3.63) is 42.4 Å². The summed E-state index contributed by atoms with van der Waals surface area (Å²) >= 11 is 1.49. The van der Waals surface area contributed by atoms with Crippen molar-refractivity contribution in [3.63, 3.8) is 0 Å². The van der Waals surface area contributed by atoms with Crippen LogP contribution in [0.1, 0.15) is 30.1 Å². The lowest BCUT2D eigenvalue weighted by Gasteiger charge is -2.49. The predicted molar refractivity (Wildman–Crippen MR) is 92.1 cm³/mol. The molecule has 0 aliphatic carbocycles. The zero-order valence-electron chi connectivity index (χ0n) is 13.6. The minimum atomic E-state index is 0.0248. The minimum Gasteiger partial charge on any atom is -0.437 e. The largest absolute Gasteiger partial charge is 0.437 e. The van der Waals surface area contributed by atoms with Crippen molar-refractivity contribution in [2.24, 2.45) is 5.92 Å². The van der Waals surface area contributed by atoms with Crippen molar-refractivity contribution >= 4 is 17.7 Å². The van der Waals surface area contributed by atoms with Gasteiger partial charge in [-0.05, 0) is 63.0 Å². The summed E-state index contributed by atoms with van der Waals surface area (Å²) in [4.78, 5) is 20.0. The fraction of sp³-hybridized carbons (Fsp3) is 0.444. The number of nitrogens with one attached hydrogen (secondary N) is 1. The summed E-state index contributed by atoms with van der Waals surface area (Å²) in [5, 5.41) is 4.01. The summed E-state index contributed by atoms with van der Waals surface area (Å²) < 4.78 is 5.22. The van der Waals surface area contributed by atoms with Crippen LogP contribution in [-0.2, 0) is 0 Å². The normalized spacial score (nSPS) is 28.7. The van der Waals surface area contributed by atoms with E-state index in [4.69, 9.17) is 4.42 Å². The number of benzene rings is 1. The Bertz CT molecular complexity index is 692. The van der Waals surface area contributed by atoms with Crippen molar-refractivity contribution in [1.29, 1.82) is 0 Å². The number of carbonyl (C=O) groups excluding carboxylic acids is 1. The van der Waals surface area contributed by atoms with Gasteiger partial charge in [0.15, 0.2) is 11.5 Å². The first-order valence-electron chi connectivity index (χ1n) is 8.42. The molecule has 2 atom stereocenters. The van der Waals surface area contributed by atoms with E-state index in [2.05, 4.69) is 22.1 Å². The molecule has 4 heterocycles. The maximum atomic E-state index is 12.6. The number of fused-ring (bicyclic) bond motifs is 3. The smallest absolute Gasteiger partial charge is 0.251 e. The first-order valence-corrected chi connectivity index (χ1v) is 9.23. The van der Waals surface area contributed by atoms with Gasteiger partial charge in [0.05, 0.1) is 6.20 Å². The van der Waals surface area contributed by atoms with Crippen LogP contribution in [0, 0.1) is 5.92 Å². The number of rotatable bonds is 4. The van der Waals surface area contributed by atoms with Gasteiger partial charge < -0.3 is 9.73 Å². The summed E-state index contributed by atoms with van der Waals surface area (Å²) in [6.45, 7) is 4.57. The quantitative estimate of drug-likeness (QED) is 0.925. The molecule has 3 aliphatic heterocycles. The molecule has 5 nitrogen and oxygen atoms in total. The minimum absolute atomic E-state index is 0.0248. The molecule has 0 spiro atoms. The summed E-state index contributed by atoms with van der Waals surface area (Å²) in [5.41, 5.74) is 0.709. The summed E-state index contributed by atoms with van der Waals surface area (Å²) in [6.07, 6.45) is 5.49. The molecule has 0 unspecified atom stereocenters. The molecule has 3 fully saturated rings. The Morgan fingerprint density at radius 3 is 2.67 bits per heavy atom. The van der Waals surface area contributed by atoms with E-state index >= 15 is 0 Å². The molecule has 0 radical (unpaired) electrons. The standard InChI is InChI=1S/C18H21N3O2S/c1-12-17(13-6-8-21(12)9-7-13)20-18(22)14-2-4-15(5-3-14)24-16-10-19-11-23-16/h2-5,10-13,17H,6-9H2,1H3,(H,20,22)/t12-,17-/m0/s1. The average Bonchev–Trinajstić information content (AvgIpc) is 3.12. The van der Waals surface area contributed by atoms with Crippen LogP contribution in [0.3, 0.4) is 0 Å². The third-order valence-electron chi connectivity index (χ3n) is 5.22. The van der Waals surface area contributed by atoms with E-state index in [1.54, 1.807) is 6.20 Å². The van der Waals surface area contributed by atoms with E-state index in [-0.39, 0.29) is 11.9 Å². The Morgan fingerprint density at radius 2 is 2.04 bits per heavy atom. The number of carbonyl (C=O) groups is 1. The van der Waals surface area contributed by atoms with Crippen LogP contribution >= 0.6 is 11.8 Å². The Balaban J connectivity index is 1.41. The molecule has 1 amide bonds. The lowest BCUT2D eigenvalue weighted by molar-refractivity contribution is 0.0217. The van der Waals surface area contributed by atoms with Gasteiger partial charge in [0.2, 0.25) is 0 Å². The second-order valence-electron chi connectivity index (χ2n) is 6.56. The second-order valence-corrected chi connectivity index (χ2v) is 7.64. The summed E-state index contributed by atoms with van der Waals surface area (Å²) in [5.74, 6) is 0.645. The third-order valence-corrected chi connectivity index (χ3v) is 6.13. The van der Waals surface area contributed by atoms with E-state index in [0.29, 0.717) is 17.5 Å². The number of nitrogens with zero attached hydrogens (tertiary/aromatic N) is 2. The molecule has 1 N–H and O–H groups in total. The average molecular weight is 343 g/mol. The van der Waals surface area contributed by atoms with Gasteiger partial charge in [0.1, 0.15) is 0 Å². The molecule has 3 saturated heterocycles. The number of amides is 1. The summed E-state index contributed by atoms with van der Waals surface area (Å²) in [7, 11) is 0. The fourth-order valence-corrected chi connectivity index (χ4v) is 4.53. The highest BCUT2D eigenvalue weighted by Gasteiger charge is 2.40. The van der Waals surface area contributed by atoms with Crippen LogP contribution in [0.25, 0.3) is 0 Å². The number of hydrogen-bond acceptors (Lipinski definition) is 5. The molecule has 5 rings (SSSR count). The highest BCUT2D eigenvalue weighted by molar-refractivity contribution is 7.99. The van der Waals surface area contributed by atoms with Crippen LogP contribution in [0.2, 0.25) is 0 Å². The lowest BCUT2D eigenvalue weighted by atomic mass is 9.79. The van der Waals surface area contributed by atoms with E-state index in [1.165, 1.54) is 44.1 Å². The zero-order chi connectivity index (χ0) is 16.5. The van der Waals surface area contributed by atoms with Gasteiger partial charge in [-0.1, -0.05) is 11.8 Å². The molecule has 1 aromatic carbocycles. The molecule has 2 aromatic rings. The van der Waals surface area contributed by atoms with E-state index < -0.39 is 0 Å². The monoisotopic (exact) mass is 343 g/mol.